The van der Waals surface area contributed by atoms with Crippen LogP contribution < -0.4 is 0 Å². The van der Waals surface area contributed by atoms with E-state index in [-0.39, 0.29) is 17.2 Å². The van der Waals surface area contributed by atoms with Gasteiger partial charge in [-0.05, 0) is 44.9 Å². The first-order chi connectivity index (χ1) is 11.6. The fraction of sp³-hybridized carbons (Fsp3) is 0.474. The van der Waals surface area contributed by atoms with Crippen molar-refractivity contribution in [2.45, 2.75) is 44.4 Å². The molecule has 24 heavy (non-hydrogen) atoms. The molecule has 1 saturated heterocycles. The van der Waals surface area contributed by atoms with Gasteiger partial charge in [-0.2, -0.15) is 11.8 Å². The Kier molecular flexibility index (Phi) is 5.29. The van der Waals surface area contributed by atoms with Gasteiger partial charge >= 0.3 is 0 Å². The molecular weight excluding hydrogens is 318 g/mol. The van der Waals surface area contributed by atoms with Gasteiger partial charge in [0.2, 0.25) is 5.91 Å². The van der Waals surface area contributed by atoms with Gasteiger partial charge in [-0.25, -0.2) is 4.98 Å². The number of carbonyl (C=O) groups excluding carboxylic acids is 1. The number of nitrogens with zero attached hydrogens (tertiary/aromatic N) is 2. The zero-order valence-electron chi connectivity index (χ0n) is 14.6. The highest BCUT2D eigenvalue weighted by Crippen LogP contribution is 2.32. The minimum Gasteiger partial charge on any atom is -0.340 e. The van der Waals surface area contributed by atoms with Gasteiger partial charge in [-0.15, -0.1) is 0 Å². The second kappa shape index (κ2) is 7.43. The number of rotatable bonds is 4. The number of H-pyrrole nitrogens is 1. The lowest BCUT2D eigenvalue weighted by Crippen LogP contribution is -2.42. The third-order valence-electron chi connectivity index (χ3n) is 4.76. The number of aromatic nitrogens is 2. The summed E-state index contributed by atoms with van der Waals surface area (Å²) in [5.41, 5.74) is 3.39. The van der Waals surface area contributed by atoms with Crippen LogP contribution in [0.15, 0.2) is 30.5 Å². The van der Waals surface area contributed by atoms with E-state index in [1.807, 2.05) is 24.3 Å². The number of piperidine rings is 1. The molecular formula is C19H25N3OS. The number of imidazole rings is 1. The first-order valence-electron chi connectivity index (χ1n) is 8.55. The predicted molar refractivity (Wildman–Crippen MR) is 100 cm³/mol. The number of likely N-dealkylation sites (tertiary alicyclic amines) is 1. The number of nitrogens with one attached hydrogen (secondary N) is 1. The van der Waals surface area contributed by atoms with Gasteiger partial charge in [0.15, 0.2) is 0 Å². The van der Waals surface area contributed by atoms with Crippen LogP contribution >= 0.6 is 11.8 Å². The molecule has 128 valence electrons. The lowest BCUT2D eigenvalue weighted by Gasteiger charge is -2.36. The largest absolute Gasteiger partial charge is 0.340 e. The summed E-state index contributed by atoms with van der Waals surface area (Å²) in [5, 5.41) is -0.00266. The van der Waals surface area contributed by atoms with E-state index in [4.69, 9.17) is 0 Å². The lowest BCUT2D eigenvalue weighted by molar-refractivity contribution is -0.134. The van der Waals surface area contributed by atoms with E-state index in [1.165, 1.54) is 5.56 Å². The second-order valence-corrected chi connectivity index (χ2v) is 7.65. The Morgan fingerprint density at radius 1 is 1.33 bits per heavy atom. The molecule has 2 aromatic rings. The summed E-state index contributed by atoms with van der Waals surface area (Å²) in [5.74, 6) is 1.13. The summed E-state index contributed by atoms with van der Waals surface area (Å²) in [6, 6.07) is 8.48. The number of aryl methyl sites for hydroxylation is 1. The Hall–Kier alpha value is -1.75. The van der Waals surface area contributed by atoms with Crippen molar-refractivity contribution < 1.29 is 4.79 Å². The summed E-state index contributed by atoms with van der Waals surface area (Å²) in [4.78, 5) is 22.8. The molecule has 1 aromatic heterocycles. The highest BCUT2D eigenvalue weighted by molar-refractivity contribution is 7.99. The minimum absolute atomic E-state index is 0.00266. The van der Waals surface area contributed by atoms with E-state index in [9.17, 15) is 4.79 Å². The maximum Gasteiger partial charge on any atom is 0.236 e. The Bertz CT molecular complexity index is 695. The standard InChI is InChI=1S/C19H25N3OS/c1-13-7-9-15(10-8-13)16-12-20-18(21-16)17-6-4-5-11-22(17)19(23)14(2)24-3/h7-10,12,14,17H,4-6,11H2,1-3H3,(H,20,21)/t14-,17-/m1/s1. The van der Waals surface area contributed by atoms with E-state index < -0.39 is 0 Å². The number of hydrogen-bond donors (Lipinski definition) is 1. The fourth-order valence-corrected chi connectivity index (χ4v) is 3.54. The Morgan fingerprint density at radius 3 is 2.79 bits per heavy atom. The van der Waals surface area contributed by atoms with Crippen molar-refractivity contribution in [3.8, 4) is 11.3 Å². The third-order valence-corrected chi connectivity index (χ3v) is 5.67. The molecule has 0 saturated carbocycles. The SMILES string of the molecule is CS[C@H](C)C(=O)N1CCCC[C@@H]1c1ncc(-c2ccc(C)cc2)[nH]1. The first-order valence-corrected chi connectivity index (χ1v) is 9.84. The van der Waals surface area contributed by atoms with Gasteiger partial charge in [0.25, 0.3) is 0 Å². The smallest absolute Gasteiger partial charge is 0.236 e. The summed E-state index contributed by atoms with van der Waals surface area (Å²) in [6.45, 7) is 4.90. The van der Waals surface area contributed by atoms with Gasteiger partial charge in [0.05, 0.1) is 23.2 Å². The highest BCUT2D eigenvalue weighted by atomic mass is 32.2. The molecule has 0 spiro atoms. The number of aromatic amines is 1. The van der Waals surface area contributed by atoms with Crippen molar-refractivity contribution in [3.05, 3.63) is 41.9 Å². The maximum absolute atomic E-state index is 12.7. The number of benzene rings is 1. The third kappa shape index (κ3) is 3.51. The van der Waals surface area contributed by atoms with Gasteiger partial charge in [-0.1, -0.05) is 29.8 Å². The van der Waals surface area contributed by atoms with Crippen LogP contribution in [0.3, 0.4) is 0 Å². The molecule has 1 aliphatic rings. The molecule has 0 aliphatic carbocycles. The second-order valence-electron chi connectivity index (χ2n) is 6.47. The molecule has 1 amide bonds. The molecule has 5 heteroatoms. The van der Waals surface area contributed by atoms with Crippen LogP contribution in [0.4, 0.5) is 0 Å². The fourth-order valence-electron chi connectivity index (χ4n) is 3.20. The molecule has 1 aromatic carbocycles. The van der Waals surface area contributed by atoms with Crippen LogP contribution in [0.5, 0.6) is 0 Å². The molecule has 1 aliphatic heterocycles. The summed E-state index contributed by atoms with van der Waals surface area (Å²) >= 11 is 1.61. The summed E-state index contributed by atoms with van der Waals surface area (Å²) in [6.07, 6.45) is 7.07. The molecule has 0 radical (unpaired) electrons. The molecule has 2 atom stereocenters. The van der Waals surface area contributed by atoms with Gasteiger partial charge in [0, 0.05) is 6.54 Å². The Balaban J connectivity index is 1.84. The summed E-state index contributed by atoms with van der Waals surface area (Å²) in [7, 11) is 0. The molecule has 3 rings (SSSR count). The zero-order chi connectivity index (χ0) is 17.1. The predicted octanol–water partition coefficient (Wildman–Crippen LogP) is 4.19. The number of hydrogen-bond acceptors (Lipinski definition) is 3. The molecule has 1 N–H and O–H groups in total. The molecule has 1 fully saturated rings. The van der Waals surface area contributed by atoms with Crippen molar-refractivity contribution in [2.75, 3.05) is 12.8 Å². The molecule has 0 bridgehead atoms. The Morgan fingerprint density at radius 2 is 2.08 bits per heavy atom. The number of amides is 1. The topological polar surface area (TPSA) is 49.0 Å². The summed E-state index contributed by atoms with van der Waals surface area (Å²) < 4.78 is 0. The Labute approximate surface area is 148 Å². The highest BCUT2D eigenvalue weighted by Gasteiger charge is 2.32. The van der Waals surface area contributed by atoms with E-state index in [1.54, 1.807) is 11.8 Å². The van der Waals surface area contributed by atoms with Crippen LogP contribution in [-0.2, 0) is 4.79 Å². The van der Waals surface area contributed by atoms with Gasteiger partial charge in [-0.3, -0.25) is 4.79 Å². The van der Waals surface area contributed by atoms with Crippen LogP contribution in [0.25, 0.3) is 11.3 Å². The normalized spacial score (nSPS) is 19.3. The quantitative estimate of drug-likeness (QED) is 0.905. The number of carbonyl (C=O) groups is 1. The van der Waals surface area contributed by atoms with Crippen LogP contribution in [-0.4, -0.2) is 38.8 Å². The van der Waals surface area contributed by atoms with E-state index in [0.717, 1.165) is 42.9 Å². The average molecular weight is 343 g/mol. The van der Waals surface area contributed by atoms with Crippen molar-refractivity contribution in [3.63, 3.8) is 0 Å². The number of thioether (sulfide) groups is 1. The van der Waals surface area contributed by atoms with E-state index in [0.29, 0.717) is 0 Å². The van der Waals surface area contributed by atoms with Crippen LogP contribution in [0.1, 0.15) is 43.6 Å². The molecule has 2 heterocycles. The van der Waals surface area contributed by atoms with Crippen molar-refractivity contribution >= 4 is 17.7 Å². The molecule has 0 unspecified atom stereocenters. The van der Waals surface area contributed by atoms with Crippen molar-refractivity contribution in [1.82, 2.24) is 14.9 Å². The van der Waals surface area contributed by atoms with Crippen LogP contribution in [0.2, 0.25) is 0 Å². The zero-order valence-corrected chi connectivity index (χ0v) is 15.4. The van der Waals surface area contributed by atoms with Crippen molar-refractivity contribution in [1.29, 1.82) is 0 Å². The van der Waals surface area contributed by atoms with Gasteiger partial charge < -0.3 is 9.88 Å². The van der Waals surface area contributed by atoms with E-state index in [2.05, 4.69) is 41.2 Å². The first kappa shape index (κ1) is 17.1. The monoisotopic (exact) mass is 343 g/mol. The van der Waals surface area contributed by atoms with Crippen LogP contribution in [0, 0.1) is 6.92 Å². The average Bonchev–Trinajstić information content (AvgIpc) is 3.11. The van der Waals surface area contributed by atoms with Crippen molar-refractivity contribution in [2.24, 2.45) is 0 Å². The maximum atomic E-state index is 12.7. The molecule has 4 nitrogen and oxygen atoms in total. The lowest BCUT2D eigenvalue weighted by atomic mass is 10.0. The van der Waals surface area contributed by atoms with Gasteiger partial charge in [0.1, 0.15) is 5.82 Å². The van der Waals surface area contributed by atoms with E-state index >= 15 is 0 Å². The minimum atomic E-state index is -0.00266.